The fourth-order valence-electron chi connectivity index (χ4n) is 3.64. The standard InChI is InChI=1S/C18H24N2O3/c1-23-16-8-4-5-13(9-16)10-17(21)19-14-11-18(22)20(12-14)15-6-2-3-7-15/h4-5,8-9,14-15H,2-3,6-7,10-12H2,1H3,(H,19,21). The summed E-state index contributed by atoms with van der Waals surface area (Å²) >= 11 is 0. The van der Waals surface area contributed by atoms with Crippen LogP contribution in [0.5, 0.6) is 5.75 Å². The van der Waals surface area contributed by atoms with Crippen LogP contribution in [0.4, 0.5) is 0 Å². The van der Waals surface area contributed by atoms with E-state index in [1.165, 1.54) is 12.8 Å². The van der Waals surface area contributed by atoms with Crippen LogP contribution < -0.4 is 10.1 Å². The first kappa shape index (κ1) is 15.8. The fourth-order valence-corrected chi connectivity index (χ4v) is 3.64. The summed E-state index contributed by atoms with van der Waals surface area (Å²) in [5, 5.41) is 3.01. The van der Waals surface area contributed by atoms with Crippen LogP contribution in [0.3, 0.4) is 0 Å². The van der Waals surface area contributed by atoms with E-state index >= 15 is 0 Å². The average Bonchev–Trinajstić information content (AvgIpc) is 3.17. The zero-order valence-electron chi connectivity index (χ0n) is 13.6. The molecule has 1 aromatic carbocycles. The van der Waals surface area contributed by atoms with Gasteiger partial charge >= 0.3 is 0 Å². The molecule has 124 valence electrons. The van der Waals surface area contributed by atoms with Gasteiger partial charge in [-0.15, -0.1) is 0 Å². The highest BCUT2D eigenvalue weighted by atomic mass is 16.5. The third-order valence-corrected chi connectivity index (χ3v) is 4.79. The van der Waals surface area contributed by atoms with Crippen molar-refractivity contribution in [1.82, 2.24) is 10.2 Å². The van der Waals surface area contributed by atoms with E-state index in [0.717, 1.165) is 24.2 Å². The van der Waals surface area contributed by atoms with E-state index < -0.39 is 0 Å². The van der Waals surface area contributed by atoms with E-state index in [0.29, 0.717) is 25.4 Å². The second-order valence-electron chi connectivity index (χ2n) is 6.48. The molecule has 0 aromatic heterocycles. The Labute approximate surface area is 137 Å². The van der Waals surface area contributed by atoms with Gasteiger partial charge in [-0.3, -0.25) is 9.59 Å². The maximum absolute atomic E-state index is 12.2. The molecule has 2 amide bonds. The van der Waals surface area contributed by atoms with Gasteiger partial charge in [-0.05, 0) is 30.5 Å². The molecule has 0 bridgehead atoms. The number of hydrogen-bond donors (Lipinski definition) is 1. The molecule has 1 atom stereocenters. The summed E-state index contributed by atoms with van der Waals surface area (Å²) in [5.74, 6) is 0.895. The minimum atomic E-state index is -0.0544. The Bertz CT molecular complexity index is 581. The number of methoxy groups -OCH3 is 1. The number of amides is 2. The van der Waals surface area contributed by atoms with E-state index in [1.54, 1.807) is 7.11 Å². The molecule has 1 aliphatic carbocycles. The summed E-state index contributed by atoms with van der Waals surface area (Å²) in [6, 6.07) is 7.85. The Kier molecular flexibility index (Phi) is 4.84. The van der Waals surface area contributed by atoms with Crippen LogP contribution >= 0.6 is 0 Å². The van der Waals surface area contributed by atoms with Gasteiger partial charge in [0.05, 0.1) is 19.6 Å². The molecule has 23 heavy (non-hydrogen) atoms. The highest BCUT2D eigenvalue weighted by Crippen LogP contribution is 2.27. The number of nitrogens with one attached hydrogen (secondary N) is 1. The summed E-state index contributed by atoms with van der Waals surface area (Å²) in [6.07, 6.45) is 5.38. The van der Waals surface area contributed by atoms with Crippen molar-refractivity contribution < 1.29 is 14.3 Å². The molecule has 1 saturated carbocycles. The maximum atomic E-state index is 12.2. The highest BCUT2D eigenvalue weighted by Gasteiger charge is 2.35. The molecule has 0 spiro atoms. The third-order valence-electron chi connectivity index (χ3n) is 4.79. The smallest absolute Gasteiger partial charge is 0.225 e. The van der Waals surface area contributed by atoms with E-state index in [9.17, 15) is 9.59 Å². The van der Waals surface area contributed by atoms with Gasteiger partial charge in [0.15, 0.2) is 0 Å². The quantitative estimate of drug-likeness (QED) is 0.902. The van der Waals surface area contributed by atoms with Gasteiger partial charge < -0.3 is 15.0 Å². The summed E-state index contributed by atoms with van der Waals surface area (Å²) < 4.78 is 5.17. The number of hydrogen-bond acceptors (Lipinski definition) is 3. The van der Waals surface area contributed by atoms with Gasteiger partial charge in [-0.2, -0.15) is 0 Å². The first-order valence-electron chi connectivity index (χ1n) is 8.37. The number of rotatable bonds is 5. The number of benzene rings is 1. The lowest BCUT2D eigenvalue weighted by Gasteiger charge is -2.24. The number of carbonyl (C=O) groups is 2. The molecule has 5 heteroatoms. The summed E-state index contributed by atoms with van der Waals surface area (Å²) in [5.41, 5.74) is 0.916. The van der Waals surface area contributed by atoms with Crippen LogP contribution in [0.15, 0.2) is 24.3 Å². The minimum Gasteiger partial charge on any atom is -0.497 e. The van der Waals surface area contributed by atoms with Crippen LogP contribution in [0.2, 0.25) is 0 Å². The molecule has 0 radical (unpaired) electrons. The van der Waals surface area contributed by atoms with Crippen molar-refractivity contribution >= 4 is 11.8 Å². The first-order chi connectivity index (χ1) is 11.2. The van der Waals surface area contributed by atoms with Gasteiger partial charge in [-0.25, -0.2) is 0 Å². The largest absolute Gasteiger partial charge is 0.497 e. The van der Waals surface area contributed by atoms with E-state index in [-0.39, 0.29) is 17.9 Å². The van der Waals surface area contributed by atoms with Crippen LogP contribution in [0.25, 0.3) is 0 Å². The zero-order chi connectivity index (χ0) is 16.2. The van der Waals surface area contributed by atoms with Crippen molar-refractivity contribution in [2.24, 2.45) is 0 Å². The Balaban J connectivity index is 1.53. The van der Waals surface area contributed by atoms with Crippen molar-refractivity contribution in [3.05, 3.63) is 29.8 Å². The van der Waals surface area contributed by atoms with Gasteiger partial charge in [0.1, 0.15) is 5.75 Å². The molecule has 1 heterocycles. The monoisotopic (exact) mass is 316 g/mol. The normalized spacial score (nSPS) is 21.7. The lowest BCUT2D eigenvalue weighted by atomic mass is 10.1. The van der Waals surface area contributed by atoms with Crippen molar-refractivity contribution in [3.8, 4) is 5.75 Å². The number of nitrogens with zero attached hydrogens (tertiary/aromatic N) is 1. The third kappa shape index (κ3) is 3.84. The Morgan fingerprint density at radius 3 is 2.87 bits per heavy atom. The molecule has 1 N–H and O–H groups in total. The molecule has 1 saturated heterocycles. The predicted molar refractivity (Wildman–Crippen MR) is 87.2 cm³/mol. The molecule has 2 aliphatic rings. The Morgan fingerprint density at radius 1 is 1.35 bits per heavy atom. The van der Waals surface area contributed by atoms with Crippen LogP contribution in [-0.4, -0.2) is 42.5 Å². The first-order valence-corrected chi connectivity index (χ1v) is 8.37. The second kappa shape index (κ2) is 7.02. The molecule has 2 fully saturated rings. The number of likely N-dealkylation sites (tertiary alicyclic amines) is 1. The molecular weight excluding hydrogens is 292 g/mol. The topological polar surface area (TPSA) is 58.6 Å². The second-order valence-corrected chi connectivity index (χ2v) is 6.48. The van der Waals surface area contributed by atoms with Crippen LogP contribution in [0, 0.1) is 0 Å². The lowest BCUT2D eigenvalue weighted by Crippen LogP contribution is -2.40. The number of ether oxygens (including phenoxy) is 1. The molecule has 5 nitrogen and oxygen atoms in total. The van der Waals surface area contributed by atoms with Crippen molar-refractivity contribution in [2.75, 3.05) is 13.7 Å². The maximum Gasteiger partial charge on any atom is 0.225 e. The van der Waals surface area contributed by atoms with Gasteiger partial charge in [0.2, 0.25) is 11.8 Å². The molecular formula is C18H24N2O3. The van der Waals surface area contributed by atoms with Gasteiger partial charge in [0.25, 0.3) is 0 Å². The Hall–Kier alpha value is -2.04. The van der Waals surface area contributed by atoms with Crippen molar-refractivity contribution in [3.63, 3.8) is 0 Å². The predicted octanol–water partition coefficient (Wildman–Crippen LogP) is 1.90. The van der Waals surface area contributed by atoms with Crippen LogP contribution in [-0.2, 0) is 16.0 Å². The SMILES string of the molecule is COc1cccc(CC(=O)NC2CC(=O)N(C3CCCC3)C2)c1. The zero-order valence-corrected chi connectivity index (χ0v) is 13.6. The molecule has 3 rings (SSSR count). The van der Waals surface area contributed by atoms with Crippen molar-refractivity contribution in [2.45, 2.75) is 50.6 Å². The molecule has 1 aliphatic heterocycles. The van der Waals surface area contributed by atoms with E-state index in [2.05, 4.69) is 5.32 Å². The summed E-state index contributed by atoms with van der Waals surface area (Å²) in [7, 11) is 1.61. The summed E-state index contributed by atoms with van der Waals surface area (Å²) in [6.45, 7) is 0.660. The highest BCUT2D eigenvalue weighted by molar-refractivity contribution is 5.83. The Morgan fingerprint density at radius 2 is 2.13 bits per heavy atom. The molecule has 1 unspecified atom stereocenters. The summed E-state index contributed by atoms with van der Waals surface area (Å²) in [4.78, 5) is 26.3. The minimum absolute atomic E-state index is 0.0377. The van der Waals surface area contributed by atoms with Gasteiger partial charge in [0, 0.05) is 19.0 Å². The van der Waals surface area contributed by atoms with E-state index in [1.807, 2.05) is 29.2 Å². The van der Waals surface area contributed by atoms with Crippen molar-refractivity contribution in [1.29, 1.82) is 0 Å². The average molecular weight is 316 g/mol. The molecule has 1 aromatic rings. The van der Waals surface area contributed by atoms with Gasteiger partial charge in [-0.1, -0.05) is 25.0 Å². The lowest BCUT2D eigenvalue weighted by molar-refractivity contribution is -0.129. The fraction of sp³-hybridized carbons (Fsp3) is 0.556. The van der Waals surface area contributed by atoms with E-state index in [4.69, 9.17) is 4.74 Å². The number of carbonyl (C=O) groups excluding carboxylic acids is 2. The van der Waals surface area contributed by atoms with Crippen LogP contribution in [0.1, 0.15) is 37.7 Å².